The highest BCUT2D eigenvalue weighted by Gasteiger charge is 2.11. The summed E-state index contributed by atoms with van der Waals surface area (Å²) in [6, 6.07) is 21.3. The van der Waals surface area contributed by atoms with Crippen molar-refractivity contribution >= 4 is 28.3 Å². The van der Waals surface area contributed by atoms with Crippen molar-refractivity contribution in [1.29, 1.82) is 0 Å². The van der Waals surface area contributed by atoms with Crippen LogP contribution in [0.15, 0.2) is 66.7 Å². The Bertz CT molecular complexity index is 928. The normalized spacial score (nSPS) is 10.5. The van der Waals surface area contributed by atoms with E-state index in [0.29, 0.717) is 5.69 Å². The van der Waals surface area contributed by atoms with E-state index in [0.717, 1.165) is 28.3 Å². The Morgan fingerprint density at radius 1 is 0.962 bits per heavy atom. The Kier molecular flexibility index (Phi) is 5.64. The molecule has 0 saturated carbocycles. The van der Waals surface area contributed by atoms with E-state index in [1.807, 2.05) is 66.7 Å². The van der Waals surface area contributed by atoms with E-state index in [1.165, 1.54) is 0 Å². The number of amides is 1. The summed E-state index contributed by atoms with van der Waals surface area (Å²) < 4.78 is 5.13. The van der Waals surface area contributed by atoms with Crippen molar-refractivity contribution in [1.82, 2.24) is 0 Å². The number of ether oxygens (including phenoxy) is 1. The largest absolute Gasteiger partial charge is 0.455 e. The summed E-state index contributed by atoms with van der Waals surface area (Å²) in [5.41, 5.74) is 2.74. The molecular formula is C22H21NO3. The maximum Gasteiger partial charge on any atom is 0.310 e. The van der Waals surface area contributed by atoms with Gasteiger partial charge in [-0.3, -0.25) is 9.59 Å². The van der Waals surface area contributed by atoms with Crippen LogP contribution >= 0.6 is 0 Å². The first kappa shape index (κ1) is 17.7. The number of hydrogen-bond donors (Lipinski definition) is 1. The van der Waals surface area contributed by atoms with Crippen LogP contribution in [0.5, 0.6) is 0 Å². The van der Waals surface area contributed by atoms with Gasteiger partial charge >= 0.3 is 5.97 Å². The Balaban J connectivity index is 1.55. The second-order valence-electron chi connectivity index (χ2n) is 6.08. The average Bonchev–Trinajstić information content (AvgIpc) is 2.67. The smallest absolute Gasteiger partial charge is 0.310 e. The predicted molar refractivity (Wildman–Crippen MR) is 103 cm³/mol. The molecule has 3 aromatic carbocycles. The zero-order valence-electron chi connectivity index (χ0n) is 14.7. The summed E-state index contributed by atoms with van der Waals surface area (Å²) in [7, 11) is 0. The molecule has 1 amide bonds. The van der Waals surface area contributed by atoms with Gasteiger partial charge < -0.3 is 10.1 Å². The number of fused-ring (bicyclic) bond motifs is 1. The number of benzene rings is 3. The highest BCUT2D eigenvalue weighted by atomic mass is 16.5. The third kappa shape index (κ3) is 4.48. The van der Waals surface area contributed by atoms with Crippen LogP contribution in [0.4, 0.5) is 5.69 Å². The second kappa shape index (κ2) is 8.30. The van der Waals surface area contributed by atoms with Crippen molar-refractivity contribution in [3.05, 3.63) is 77.9 Å². The molecule has 0 fully saturated rings. The fourth-order valence-electron chi connectivity index (χ4n) is 2.87. The molecule has 4 heteroatoms. The molecule has 4 nitrogen and oxygen atoms in total. The molecule has 0 aliphatic heterocycles. The van der Waals surface area contributed by atoms with Gasteiger partial charge in [-0.25, -0.2) is 0 Å². The van der Waals surface area contributed by atoms with E-state index in [2.05, 4.69) is 12.2 Å². The van der Waals surface area contributed by atoms with Gasteiger partial charge in [0.25, 0.3) is 5.91 Å². The molecule has 0 unspecified atom stereocenters. The predicted octanol–water partition coefficient (Wildman–Crippen LogP) is 4.13. The number of esters is 1. The van der Waals surface area contributed by atoms with Crippen LogP contribution in [-0.4, -0.2) is 18.5 Å². The van der Waals surface area contributed by atoms with Crippen LogP contribution in [0.1, 0.15) is 18.1 Å². The van der Waals surface area contributed by atoms with Gasteiger partial charge in [0.05, 0.1) is 6.42 Å². The zero-order valence-corrected chi connectivity index (χ0v) is 14.7. The van der Waals surface area contributed by atoms with Crippen LogP contribution < -0.4 is 5.32 Å². The molecule has 0 spiro atoms. The highest BCUT2D eigenvalue weighted by Crippen LogP contribution is 2.19. The zero-order chi connectivity index (χ0) is 18.4. The molecule has 0 aliphatic carbocycles. The minimum atomic E-state index is -0.418. The molecule has 132 valence electrons. The maximum absolute atomic E-state index is 12.1. The van der Waals surface area contributed by atoms with Crippen molar-refractivity contribution in [3.8, 4) is 0 Å². The van der Waals surface area contributed by atoms with Crippen LogP contribution in [0.2, 0.25) is 0 Å². The van der Waals surface area contributed by atoms with Crippen LogP contribution in [0.3, 0.4) is 0 Å². The molecule has 0 aliphatic rings. The van der Waals surface area contributed by atoms with E-state index in [1.54, 1.807) is 0 Å². The molecule has 0 saturated heterocycles. The molecule has 1 N–H and O–H groups in total. The Hall–Kier alpha value is -3.14. The molecule has 0 atom stereocenters. The monoisotopic (exact) mass is 347 g/mol. The maximum atomic E-state index is 12.1. The van der Waals surface area contributed by atoms with E-state index in [4.69, 9.17) is 4.74 Å². The topological polar surface area (TPSA) is 55.4 Å². The number of carbonyl (C=O) groups excluding carboxylic acids is 2. The quantitative estimate of drug-likeness (QED) is 0.682. The number of aryl methyl sites for hydroxylation is 1. The van der Waals surface area contributed by atoms with Crippen LogP contribution in [0, 0.1) is 0 Å². The fourth-order valence-corrected chi connectivity index (χ4v) is 2.87. The molecule has 26 heavy (non-hydrogen) atoms. The van der Waals surface area contributed by atoms with Gasteiger partial charge in [0.1, 0.15) is 0 Å². The van der Waals surface area contributed by atoms with Crippen molar-refractivity contribution in [2.75, 3.05) is 11.9 Å². The minimum Gasteiger partial charge on any atom is -0.455 e. The summed E-state index contributed by atoms with van der Waals surface area (Å²) in [5, 5.41) is 4.85. The van der Waals surface area contributed by atoms with Crippen molar-refractivity contribution in [3.63, 3.8) is 0 Å². The molecular weight excluding hydrogens is 326 g/mol. The summed E-state index contributed by atoms with van der Waals surface area (Å²) in [6.45, 7) is 1.76. The number of rotatable bonds is 6. The SMILES string of the molecule is CCc1cccc(NC(=O)COC(=O)Cc2cccc3ccccc23)c1. The van der Waals surface area contributed by atoms with Gasteiger partial charge in [-0.15, -0.1) is 0 Å². The van der Waals surface area contributed by atoms with Crippen molar-refractivity contribution in [2.24, 2.45) is 0 Å². The molecule has 3 rings (SSSR count). The van der Waals surface area contributed by atoms with Gasteiger partial charge in [-0.05, 0) is 40.5 Å². The molecule has 3 aromatic rings. The first-order valence-electron chi connectivity index (χ1n) is 8.67. The lowest BCUT2D eigenvalue weighted by Crippen LogP contribution is -2.21. The van der Waals surface area contributed by atoms with Gasteiger partial charge in [-0.2, -0.15) is 0 Å². The second-order valence-corrected chi connectivity index (χ2v) is 6.08. The molecule has 0 aromatic heterocycles. The van der Waals surface area contributed by atoms with E-state index in [-0.39, 0.29) is 18.9 Å². The number of hydrogen-bond acceptors (Lipinski definition) is 3. The summed E-state index contributed by atoms with van der Waals surface area (Å²) in [5.74, 6) is -0.761. The number of nitrogens with one attached hydrogen (secondary N) is 1. The molecule has 0 heterocycles. The highest BCUT2D eigenvalue weighted by molar-refractivity contribution is 5.93. The third-order valence-corrected chi connectivity index (χ3v) is 4.20. The third-order valence-electron chi connectivity index (χ3n) is 4.20. The van der Waals surface area contributed by atoms with Crippen LogP contribution in [0.25, 0.3) is 10.8 Å². The standard InChI is InChI=1S/C22H21NO3/c1-2-16-7-5-11-19(13-16)23-21(24)15-26-22(25)14-18-10-6-9-17-8-3-4-12-20(17)18/h3-13H,2,14-15H2,1H3,(H,23,24). The average molecular weight is 347 g/mol. The van der Waals surface area contributed by atoms with Crippen molar-refractivity contribution in [2.45, 2.75) is 19.8 Å². The number of carbonyl (C=O) groups is 2. The molecule has 0 bridgehead atoms. The van der Waals surface area contributed by atoms with Crippen LogP contribution in [-0.2, 0) is 27.2 Å². The summed E-state index contributed by atoms with van der Waals surface area (Å²) in [4.78, 5) is 24.1. The lowest BCUT2D eigenvalue weighted by atomic mass is 10.0. The van der Waals surface area contributed by atoms with Gasteiger partial charge in [-0.1, -0.05) is 61.5 Å². The van der Waals surface area contributed by atoms with Gasteiger partial charge in [0.2, 0.25) is 0 Å². The lowest BCUT2D eigenvalue weighted by molar-refractivity contribution is -0.146. The first-order valence-corrected chi connectivity index (χ1v) is 8.67. The Labute approximate surface area is 152 Å². The van der Waals surface area contributed by atoms with Gasteiger partial charge in [0, 0.05) is 5.69 Å². The van der Waals surface area contributed by atoms with E-state index < -0.39 is 5.97 Å². The minimum absolute atomic E-state index is 0.139. The summed E-state index contributed by atoms with van der Waals surface area (Å²) in [6.07, 6.45) is 1.03. The number of anilines is 1. The Morgan fingerprint density at radius 2 is 1.73 bits per heavy atom. The first-order chi connectivity index (χ1) is 12.7. The van der Waals surface area contributed by atoms with E-state index in [9.17, 15) is 9.59 Å². The van der Waals surface area contributed by atoms with E-state index >= 15 is 0 Å². The fraction of sp³-hybridized carbons (Fsp3) is 0.182. The van der Waals surface area contributed by atoms with Gasteiger partial charge in [0.15, 0.2) is 6.61 Å². The lowest BCUT2D eigenvalue weighted by Gasteiger charge is -2.09. The molecule has 0 radical (unpaired) electrons. The Morgan fingerprint density at radius 3 is 2.58 bits per heavy atom. The van der Waals surface area contributed by atoms with Crippen molar-refractivity contribution < 1.29 is 14.3 Å². The summed E-state index contributed by atoms with van der Waals surface area (Å²) >= 11 is 0.